The predicted molar refractivity (Wildman–Crippen MR) is 211 cm³/mol. The minimum absolute atomic E-state index is 1.14. The van der Waals surface area contributed by atoms with E-state index in [-0.39, 0.29) is 0 Å². The number of rotatable bonds is 5. The summed E-state index contributed by atoms with van der Waals surface area (Å²) in [5.74, 6) is 0. The predicted octanol–water partition coefficient (Wildman–Crippen LogP) is 12.9. The van der Waals surface area contributed by atoms with Crippen LogP contribution in [0.2, 0.25) is 0 Å². The second-order valence-corrected chi connectivity index (χ2v) is 12.9. The summed E-state index contributed by atoms with van der Waals surface area (Å²) in [4.78, 5) is 0. The average molecular weight is 637 g/mol. The molecule has 10 aromatic rings. The molecule has 2 aromatic heterocycles. The molecule has 2 heterocycles. The molecule has 0 bridgehead atoms. The van der Waals surface area contributed by atoms with Gasteiger partial charge in [0.1, 0.15) is 0 Å². The smallest absolute Gasteiger partial charge is 0.0782 e. The third-order valence-electron chi connectivity index (χ3n) is 10.1. The van der Waals surface area contributed by atoms with Gasteiger partial charge in [0.05, 0.1) is 27.8 Å². The second-order valence-electron chi connectivity index (χ2n) is 12.9. The monoisotopic (exact) mass is 636 g/mol. The van der Waals surface area contributed by atoms with Crippen LogP contribution in [0.4, 0.5) is 0 Å². The van der Waals surface area contributed by atoms with E-state index in [1.807, 2.05) is 0 Å². The van der Waals surface area contributed by atoms with Gasteiger partial charge in [0.25, 0.3) is 0 Å². The summed E-state index contributed by atoms with van der Waals surface area (Å²) in [5, 5.41) is 4.99. The molecule has 0 radical (unpaired) electrons. The largest absolute Gasteiger partial charge is 0.307 e. The Morgan fingerprint density at radius 3 is 1.58 bits per heavy atom. The van der Waals surface area contributed by atoms with Crippen molar-refractivity contribution in [1.29, 1.82) is 0 Å². The van der Waals surface area contributed by atoms with Crippen LogP contribution in [0.15, 0.2) is 194 Å². The standard InChI is InChI=1S/C48H32N2/c1-3-14-33(15-4-1)35-28-30-38(31-29-35)49-43-24-9-7-20-40(43)41-23-13-27-46(48(41)49)50-44-25-10-8-21-42(44)47-39(22-12-26-45(47)50)37-19-11-18-36(32-37)34-16-5-2-6-17-34/h1-32H. The van der Waals surface area contributed by atoms with E-state index in [1.54, 1.807) is 0 Å². The van der Waals surface area contributed by atoms with E-state index in [0.717, 1.165) is 11.4 Å². The quantitative estimate of drug-likeness (QED) is 0.178. The van der Waals surface area contributed by atoms with E-state index in [2.05, 4.69) is 203 Å². The normalized spacial score (nSPS) is 11.6. The number of para-hydroxylation sites is 3. The van der Waals surface area contributed by atoms with Crippen molar-refractivity contribution in [2.75, 3.05) is 0 Å². The van der Waals surface area contributed by atoms with Crippen molar-refractivity contribution in [3.8, 4) is 44.8 Å². The molecule has 234 valence electrons. The number of benzene rings is 8. The fourth-order valence-electron chi connectivity index (χ4n) is 7.90. The molecule has 0 amide bonds. The van der Waals surface area contributed by atoms with E-state index in [9.17, 15) is 0 Å². The first kappa shape index (κ1) is 28.4. The van der Waals surface area contributed by atoms with Gasteiger partial charge in [0.15, 0.2) is 0 Å². The molecule has 0 aliphatic rings. The minimum Gasteiger partial charge on any atom is -0.307 e. The summed E-state index contributed by atoms with van der Waals surface area (Å²) in [6.07, 6.45) is 0. The number of fused-ring (bicyclic) bond motifs is 6. The second kappa shape index (κ2) is 11.5. The summed E-state index contributed by atoms with van der Waals surface area (Å²) < 4.78 is 4.92. The molecule has 2 nitrogen and oxygen atoms in total. The minimum atomic E-state index is 1.14. The molecular formula is C48H32N2. The van der Waals surface area contributed by atoms with Gasteiger partial charge in [-0.1, -0.05) is 152 Å². The SMILES string of the molecule is c1ccc(-c2ccc(-n3c4ccccc4c4cccc(-n5c6ccccc6c6c(-c7cccc(-c8ccccc8)c7)cccc65)c43)cc2)cc1. The van der Waals surface area contributed by atoms with E-state index in [4.69, 9.17) is 0 Å². The lowest BCUT2D eigenvalue weighted by atomic mass is 9.96. The van der Waals surface area contributed by atoms with E-state index in [0.29, 0.717) is 0 Å². The highest BCUT2D eigenvalue weighted by molar-refractivity contribution is 6.18. The lowest BCUT2D eigenvalue weighted by Crippen LogP contribution is -2.00. The van der Waals surface area contributed by atoms with Crippen molar-refractivity contribution < 1.29 is 0 Å². The number of hydrogen-bond acceptors (Lipinski definition) is 0. The summed E-state index contributed by atoms with van der Waals surface area (Å²) >= 11 is 0. The van der Waals surface area contributed by atoms with Gasteiger partial charge in [-0.2, -0.15) is 0 Å². The molecule has 0 saturated carbocycles. The highest BCUT2D eigenvalue weighted by Gasteiger charge is 2.21. The summed E-state index contributed by atoms with van der Waals surface area (Å²) in [7, 11) is 0. The first-order valence-corrected chi connectivity index (χ1v) is 17.2. The van der Waals surface area contributed by atoms with Gasteiger partial charge >= 0.3 is 0 Å². The molecule has 0 saturated heterocycles. The first-order valence-electron chi connectivity index (χ1n) is 17.2. The van der Waals surface area contributed by atoms with Gasteiger partial charge in [0.2, 0.25) is 0 Å². The Morgan fingerprint density at radius 1 is 0.300 bits per heavy atom. The maximum absolute atomic E-state index is 2.48. The lowest BCUT2D eigenvalue weighted by molar-refractivity contribution is 1.13. The molecule has 0 atom stereocenters. The third kappa shape index (κ3) is 4.43. The van der Waals surface area contributed by atoms with Crippen molar-refractivity contribution in [1.82, 2.24) is 9.13 Å². The van der Waals surface area contributed by atoms with Crippen LogP contribution in [0.3, 0.4) is 0 Å². The lowest BCUT2D eigenvalue weighted by Gasteiger charge is -2.15. The Bertz CT molecular complexity index is 2840. The number of nitrogens with zero attached hydrogens (tertiary/aromatic N) is 2. The molecular weight excluding hydrogens is 605 g/mol. The van der Waals surface area contributed by atoms with Crippen LogP contribution < -0.4 is 0 Å². The Balaban J connectivity index is 1.24. The van der Waals surface area contributed by atoms with Gasteiger partial charge in [-0.05, 0) is 75.8 Å². The number of hydrogen-bond donors (Lipinski definition) is 0. The third-order valence-corrected chi connectivity index (χ3v) is 10.1. The zero-order valence-electron chi connectivity index (χ0n) is 27.4. The Hall–Kier alpha value is -6.64. The molecule has 0 spiro atoms. The summed E-state index contributed by atoms with van der Waals surface area (Å²) in [6, 6.07) is 70.4. The topological polar surface area (TPSA) is 9.86 Å². The maximum Gasteiger partial charge on any atom is 0.0782 e. The van der Waals surface area contributed by atoms with Gasteiger partial charge < -0.3 is 9.13 Å². The van der Waals surface area contributed by atoms with Crippen LogP contribution in [-0.2, 0) is 0 Å². The summed E-state index contributed by atoms with van der Waals surface area (Å²) in [6.45, 7) is 0. The van der Waals surface area contributed by atoms with Gasteiger partial charge in [-0.25, -0.2) is 0 Å². The molecule has 0 N–H and O–H groups in total. The highest BCUT2D eigenvalue weighted by Crippen LogP contribution is 2.42. The van der Waals surface area contributed by atoms with Crippen LogP contribution in [0.25, 0.3) is 88.4 Å². The Kier molecular flexibility index (Phi) is 6.53. The summed E-state index contributed by atoms with van der Waals surface area (Å²) in [5.41, 5.74) is 14.4. The number of aromatic nitrogens is 2. The van der Waals surface area contributed by atoms with Crippen molar-refractivity contribution in [3.63, 3.8) is 0 Å². The van der Waals surface area contributed by atoms with Crippen molar-refractivity contribution in [2.24, 2.45) is 0 Å². The molecule has 8 aromatic carbocycles. The molecule has 0 aliphatic heterocycles. The molecule has 2 heteroatoms. The van der Waals surface area contributed by atoms with Crippen LogP contribution >= 0.6 is 0 Å². The molecule has 50 heavy (non-hydrogen) atoms. The van der Waals surface area contributed by atoms with Gasteiger partial charge in [-0.15, -0.1) is 0 Å². The zero-order chi connectivity index (χ0) is 33.0. The molecule has 0 aliphatic carbocycles. The Morgan fingerprint density at radius 2 is 0.820 bits per heavy atom. The van der Waals surface area contributed by atoms with Gasteiger partial charge in [-0.3, -0.25) is 0 Å². The zero-order valence-corrected chi connectivity index (χ0v) is 27.4. The van der Waals surface area contributed by atoms with Crippen LogP contribution in [0.5, 0.6) is 0 Å². The van der Waals surface area contributed by atoms with E-state index < -0.39 is 0 Å². The van der Waals surface area contributed by atoms with E-state index in [1.165, 1.54) is 77.0 Å². The fraction of sp³-hybridized carbons (Fsp3) is 0. The molecule has 0 fully saturated rings. The molecule has 10 rings (SSSR count). The van der Waals surface area contributed by atoms with Crippen LogP contribution in [0, 0.1) is 0 Å². The molecule has 0 unspecified atom stereocenters. The fourth-order valence-corrected chi connectivity index (χ4v) is 7.90. The Labute approximate surface area is 290 Å². The van der Waals surface area contributed by atoms with Crippen molar-refractivity contribution in [2.45, 2.75) is 0 Å². The van der Waals surface area contributed by atoms with Crippen molar-refractivity contribution in [3.05, 3.63) is 194 Å². The van der Waals surface area contributed by atoms with Crippen molar-refractivity contribution >= 4 is 43.6 Å². The average Bonchev–Trinajstić information content (AvgIpc) is 3.72. The van der Waals surface area contributed by atoms with Gasteiger partial charge in [0, 0.05) is 27.2 Å². The van der Waals surface area contributed by atoms with Crippen LogP contribution in [0.1, 0.15) is 0 Å². The maximum atomic E-state index is 2.48. The highest BCUT2D eigenvalue weighted by atomic mass is 15.1. The first-order chi connectivity index (χ1) is 24.8. The van der Waals surface area contributed by atoms with Crippen LogP contribution in [-0.4, -0.2) is 9.13 Å². The van der Waals surface area contributed by atoms with E-state index >= 15 is 0 Å².